The van der Waals surface area contributed by atoms with Crippen LogP contribution in [0.4, 0.5) is 5.69 Å². The Kier molecular flexibility index (Phi) is 5.30. The van der Waals surface area contributed by atoms with Crippen LogP contribution in [0.1, 0.15) is 0 Å². The molecule has 1 heterocycles. The van der Waals surface area contributed by atoms with Crippen LogP contribution in [0.2, 0.25) is 10.0 Å². The zero-order valence-corrected chi connectivity index (χ0v) is 14.5. The molecule has 0 aliphatic heterocycles. The number of benzene rings is 2. The summed E-state index contributed by atoms with van der Waals surface area (Å²) in [5.41, 5.74) is 2.40. The Morgan fingerprint density at radius 1 is 1.17 bits per heavy atom. The highest BCUT2D eigenvalue weighted by molar-refractivity contribution is 7.03. The van der Waals surface area contributed by atoms with Gasteiger partial charge in [-0.1, -0.05) is 39.8 Å². The van der Waals surface area contributed by atoms with Gasteiger partial charge in [-0.05, 0) is 41.9 Å². The number of hydrogen-bond donors (Lipinski definition) is 1. The van der Waals surface area contributed by atoms with Crippen LogP contribution in [0.5, 0.6) is 5.75 Å². The summed E-state index contributed by atoms with van der Waals surface area (Å²) in [6.45, 7) is -0.154. The summed E-state index contributed by atoms with van der Waals surface area (Å²) in [5, 5.41) is 9.47. The van der Waals surface area contributed by atoms with Gasteiger partial charge in [0.05, 0.1) is 5.02 Å². The highest BCUT2D eigenvalue weighted by atomic mass is 35.5. The predicted octanol–water partition coefficient (Wildman–Crippen LogP) is 4.53. The van der Waals surface area contributed by atoms with Crippen molar-refractivity contribution in [1.29, 1.82) is 0 Å². The molecule has 3 aromatic rings. The number of rotatable bonds is 5. The molecule has 8 heteroatoms. The average Bonchev–Trinajstić information content (AvgIpc) is 3.09. The van der Waals surface area contributed by atoms with Crippen LogP contribution in [0.25, 0.3) is 11.3 Å². The van der Waals surface area contributed by atoms with E-state index in [2.05, 4.69) is 14.9 Å². The molecular formula is C16H11Cl2N3O2S. The van der Waals surface area contributed by atoms with Crippen molar-refractivity contribution < 1.29 is 9.53 Å². The van der Waals surface area contributed by atoms with E-state index < -0.39 is 0 Å². The summed E-state index contributed by atoms with van der Waals surface area (Å²) in [6, 6.07) is 12.1. The second-order valence-electron chi connectivity index (χ2n) is 4.78. The van der Waals surface area contributed by atoms with E-state index >= 15 is 0 Å². The minimum atomic E-state index is -0.288. The molecule has 5 nitrogen and oxygen atoms in total. The third-order valence-electron chi connectivity index (χ3n) is 3.08. The first kappa shape index (κ1) is 16.7. The number of amides is 1. The van der Waals surface area contributed by atoms with Gasteiger partial charge in [0.25, 0.3) is 5.91 Å². The quantitative estimate of drug-likeness (QED) is 0.707. The minimum absolute atomic E-state index is 0.154. The molecule has 1 aromatic heterocycles. The first-order chi connectivity index (χ1) is 11.6. The molecule has 1 amide bonds. The van der Waals surface area contributed by atoms with Gasteiger partial charge in [-0.2, -0.15) is 0 Å². The maximum Gasteiger partial charge on any atom is 0.262 e. The zero-order chi connectivity index (χ0) is 16.9. The van der Waals surface area contributed by atoms with Gasteiger partial charge in [0.15, 0.2) is 6.61 Å². The number of anilines is 1. The number of nitrogens with zero attached hydrogens (tertiary/aromatic N) is 2. The van der Waals surface area contributed by atoms with Crippen molar-refractivity contribution in [3.8, 4) is 17.0 Å². The maximum atomic E-state index is 12.0. The van der Waals surface area contributed by atoms with Crippen LogP contribution in [-0.2, 0) is 4.79 Å². The molecule has 0 bridgehead atoms. The molecule has 0 atom stereocenters. The Morgan fingerprint density at radius 3 is 2.62 bits per heavy atom. The van der Waals surface area contributed by atoms with Gasteiger partial charge in [0, 0.05) is 21.7 Å². The third-order valence-corrected chi connectivity index (χ3v) is 4.11. The Labute approximate surface area is 152 Å². The Hall–Kier alpha value is -2.15. The van der Waals surface area contributed by atoms with E-state index in [0.717, 1.165) is 11.3 Å². The topological polar surface area (TPSA) is 64.1 Å². The van der Waals surface area contributed by atoms with Crippen LogP contribution >= 0.6 is 34.7 Å². The normalized spacial score (nSPS) is 10.4. The molecular weight excluding hydrogens is 369 g/mol. The van der Waals surface area contributed by atoms with Crippen LogP contribution in [0.15, 0.2) is 47.8 Å². The summed E-state index contributed by atoms with van der Waals surface area (Å²) in [6.07, 6.45) is 0. The van der Waals surface area contributed by atoms with E-state index in [9.17, 15) is 4.79 Å². The SMILES string of the molecule is O=C(COc1ccc(Cl)cc1Cl)Nc1ccc(-c2csnn2)cc1. The van der Waals surface area contributed by atoms with E-state index in [-0.39, 0.29) is 12.5 Å². The monoisotopic (exact) mass is 379 g/mol. The molecule has 0 saturated heterocycles. The molecule has 0 unspecified atom stereocenters. The van der Waals surface area contributed by atoms with Crippen LogP contribution in [0, 0.1) is 0 Å². The fourth-order valence-corrected chi connectivity index (χ4v) is 2.88. The summed E-state index contributed by atoms with van der Waals surface area (Å²) in [5.74, 6) is 0.117. The van der Waals surface area contributed by atoms with Gasteiger partial charge in [-0.3, -0.25) is 4.79 Å². The third kappa shape index (κ3) is 4.23. The Morgan fingerprint density at radius 2 is 1.96 bits per heavy atom. The lowest BCUT2D eigenvalue weighted by Gasteiger charge is -2.09. The maximum absolute atomic E-state index is 12.0. The van der Waals surface area contributed by atoms with Gasteiger partial charge >= 0.3 is 0 Å². The number of carbonyl (C=O) groups excluding carboxylic acids is 1. The largest absolute Gasteiger partial charge is 0.482 e. The lowest BCUT2D eigenvalue weighted by molar-refractivity contribution is -0.118. The number of nitrogens with one attached hydrogen (secondary N) is 1. The fourth-order valence-electron chi connectivity index (χ4n) is 1.95. The van der Waals surface area contributed by atoms with E-state index in [4.69, 9.17) is 27.9 Å². The van der Waals surface area contributed by atoms with Crippen LogP contribution in [0.3, 0.4) is 0 Å². The summed E-state index contributed by atoms with van der Waals surface area (Å²) >= 11 is 13.1. The van der Waals surface area contributed by atoms with Crippen molar-refractivity contribution in [3.63, 3.8) is 0 Å². The molecule has 1 N–H and O–H groups in total. The number of aromatic nitrogens is 2. The van der Waals surface area contributed by atoms with Gasteiger partial charge in [-0.25, -0.2) is 0 Å². The number of ether oxygens (including phenoxy) is 1. The average molecular weight is 380 g/mol. The number of hydrogen-bond acceptors (Lipinski definition) is 5. The predicted molar refractivity (Wildman–Crippen MR) is 95.9 cm³/mol. The molecule has 0 aliphatic rings. The molecule has 0 aliphatic carbocycles. The summed E-state index contributed by atoms with van der Waals surface area (Å²) < 4.78 is 9.21. The van der Waals surface area contributed by atoms with Crippen molar-refractivity contribution >= 4 is 46.3 Å². The van der Waals surface area contributed by atoms with Crippen molar-refractivity contribution in [1.82, 2.24) is 9.59 Å². The molecule has 2 aromatic carbocycles. The number of carbonyl (C=O) groups is 1. The first-order valence-corrected chi connectivity index (χ1v) is 8.46. The summed E-state index contributed by atoms with van der Waals surface area (Å²) in [4.78, 5) is 12.0. The van der Waals surface area contributed by atoms with E-state index in [0.29, 0.717) is 21.5 Å². The van der Waals surface area contributed by atoms with Gasteiger partial charge in [0.1, 0.15) is 11.4 Å². The second-order valence-corrected chi connectivity index (χ2v) is 6.23. The highest BCUT2D eigenvalue weighted by Crippen LogP contribution is 2.27. The summed E-state index contributed by atoms with van der Waals surface area (Å²) in [7, 11) is 0. The van der Waals surface area contributed by atoms with Crippen molar-refractivity contribution in [3.05, 3.63) is 57.9 Å². The molecule has 3 rings (SSSR count). The number of halogens is 2. The van der Waals surface area contributed by atoms with E-state index in [1.165, 1.54) is 11.5 Å². The lowest BCUT2D eigenvalue weighted by Crippen LogP contribution is -2.20. The van der Waals surface area contributed by atoms with Gasteiger partial charge < -0.3 is 10.1 Å². The van der Waals surface area contributed by atoms with Crippen molar-refractivity contribution in [2.24, 2.45) is 0 Å². The Balaban J connectivity index is 1.56. The minimum Gasteiger partial charge on any atom is -0.482 e. The highest BCUT2D eigenvalue weighted by Gasteiger charge is 2.08. The smallest absolute Gasteiger partial charge is 0.262 e. The van der Waals surface area contributed by atoms with Crippen LogP contribution in [-0.4, -0.2) is 22.1 Å². The molecule has 0 spiro atoms. The molecule has 24 heavy (non-hydrogen) atoms. The lowest BCUT2D eigenvalue weighted by atomic mass is 10.1. The molecule has 0 fully saturated rings. The van der Waals surface area contributed by atoms with E-state index in [1.54, 1.807) is 30.3 Å². The van der Waals surface area contributed by atoms with Crippen molar-refractivity contribution in [2.45, 2.75) is 0 Å². The van der Waals surface area contributed by atoms with Crippen LogP contribution < -0.4 is 10.1 Å². The zero-order valence-electron chi connectivity index (χ0n) is 12.2. The first-order valence-electron chi connectivity index (χ1n) is 6.87. The van der Waals surface area contributed by atoms with E-state index in [1.807, 2.05) is 17.5 Å². The van der Waals surface area contributed by atoms with Crippen molar-refractivity contribution in [2.75, 3.05) is 11.9 Å². The van der Waals surface area contributed by atoms with Gasteiger partial charge in [0.2, 0.25) is 0 Å². The molecule has 0 radical (unpaired) electrons. The fraction of sp³-hybridized carbons (Fsp3) is 0.0625. The Bertz CT molecular complexity index is 839. The second kappa shape index (κ2) is 7.61. The standard InChI is InChI=1S/C16H11Cl2N3O2S/c17-11-3-6-15(13(18)7-11)23-8-16(22)19-12-4-1-10(2-5-12)14-9-24-21-20-14/h1-7,9H,8H2,(H,19,22). The van der Waals surface area contributed by atoms with Gasteiger partial charge in [-0.15, -0.1) is 5.10 Å². The molecule has 0 saturated carbocycles. The molecule has 122 valence electrons.